The van der Waals surface area contributed by atoms with Crippen LogP contribution in [-0.4, -0.2) is 54.8 Å². The Kier molecular flexibility index (Phi) is 6.80. The number of esters is 1. The second-order valence-corrected chi connectivity index (χ2v) is 7.72. The Hall–Kier alpha value is -3.13. The van der Waals surface area contributed by atoms with E-state index in [9.17, 15) is 19.5 Å². The molecule has 0 spiro atoms. The summed E-state index contributed by atoms with van der Waals surface area (Å²) in [6.45, 7) is 1.99. The Morgan fingerprint density at radius 1 is 1.13 bits per heavy atom. The molecule has 0 saturated carbocycles. The molecule has 1 saturated heterocycles. The summed E-state index contributed by atoms with van der Waals surface area (Å²) >= 11 is 0. The first-order chi connectivity index (χ1) is 14.8. The highest BCUT2D eigenvalue weighted by atomic mass is 16.5. The van der Waals surface area contributed by atoms with Crippen LogP contribution in [0.15, 0.2) is 39.5 Å². The van der Waals surface area contributed by atoms with Gasteiger partial charge in [0.25, 0.3) is 5.91 Å². The highest BCUT2D eigenvalue weighted by molar-refractivity contribution is 5.95. The van der Waals surface area contributed by atoms with E-state index in [1.54, 1.807) is 20.1 Å². The number of rotatable bonds is 6. The summed E-state index contributed by atoms with van der Waals surface area (Å²) in [6.07, 6.45) is 1.30. The zero-order valence-electron chi connectivity index (χ0n) is 18.0. The number of methoxy groups -OCH3 is 2. The molecule has 166 valence electrons. The van der Waals surface area contributed by atoms with E-state index in [0.29, 0.717) is 24.2 Å². The molecule has 0 aliphatic carbocycles. The van der Waals surface area contributed by atoms with E-state index >= 15 is 0 Å². The fraction of sp³-hybridized carbons (Fsp3) is 0.435. The van der Waals surface area contributed by atoms with Gasteiger partial charge in [-0.05, 0) is 42.7 Å². The highest BCUT2D eigenvalue weighted by Crippen LogP contribution is 2.25. The van der Waals surface area contributed by atoms with Crippen molar-refractivity contribution in [2.75, 3.05) is 27.3 Å². The number of carbonyl (C=O) groups excluding carboxylic acids is 2. The molecule has 31 heavy (non-hydrogen) atoms. The van der Waals surface area contributed by atoms with Crippen molar-refractivity contribution >= 4 is 11.9 Å². The van der Waals surface area contributed by atoms with Crippen molar-refractivity contribution in [1.82, 2.24) is 4.90 Å². The van der Waals surface area contributed by atoms with Crippen LogP contribution in [0, 0.1) is 6.92 Å². The number of aryl methyl sites for hydroxylation is 3. The molecule has 1 aliphatic rings. The number of carbonyl (C=O) groups is 2. The molecule has 2 heterocycles. The standard InChI is InChI=1S/C23H27NO7/c1-15-14-18(9-6-16-4-7-17(29-2)8-5-16)31-21(26)19(15)20(25)24-12-10-23(28,11-13-24)22(27)30-3/h4-5,7-8,14,28H,6,9-13H2,1-3H3. The summed E-state index contributed by atoms with van der Waals surface area (Å²) in [6, 6.07) is 9.37. The lowest BCUT2D eigenvalue weighted by molar-refractivity contribution is -0.166. The van der Waals surface area contributed by atoms with Crippen LogP contribution < -0.4 is 10.4 Å². The number of hydrogen-bond donors (Lipinski definition) is 1. The third-order valence-electron chi connectivity index (χ3n) is 5.68. The lowest BCUT2D eigenvalue weighted by atomic mass is 9.91. The highest BCUT2D eigenvalue weighted by Gasteiger charge is 2.42. The zero-order valence-corrected chi connectivity index (χ0v) is 18.0. The number of benzene rings is 1. The number of aliphatic hydroxyl groups is 1. The summed E-state index contributed by atoms with van der Waals surface area (Å²) in [7, 11) is 2.82. The third-order valence-corrected chi connectivity index (χ3v) is 5.68. The molecule has 1 aromatic heterocycles. The predicted octanol–water partition coefficient (Wildman–Crippen LogP) is 1.88. The molecule has 1 N–H and O–H groups in total. The van der Waals surface area contributed by atoms with Crippen molar-refractivity contribution in [2.45, 2.75) is 38.2 Å². The summed E-state index contributed by atoms with van der Waals surface area (Å²) in [5, 5.41) is 10.3. The molecular formula is C23H27NO7. The maximum absolute atomic E-state index is 12.9. The van der Waals surface area contributed by atoms with Gasteiger partial charge in [-0.25, -0.2) is 9.59 Å². The summed E-state index contributed by atoms with van der Waals surface area (Å²) in [5.74, 6) is 0.113. The lowest BCUT2D eigenvalue weighted by Crippen LogP contribution is -2.51. The minimum absolute atomic E-state index is 0.0169. The monoisotopic (exact) mass is 429 g/mol. The van der Waals surface area contributed by atoms with Gasteiger partial charge in [-0.1, -0.05) is 12.1 Å². The van der Waals surface area contributed by atoms with Gasteiger partial charge in [0.2, 0.25) is 0 Å². The van der Waals surface area contributed by atoms with Crippen molar-refractivity contribution in [3.8, 4) is 5.75 Å². The fourth-order valence-corrected chi connectivity index (χ4v) is 3.75. The van der Waals surface area contributed by atoms with E-state index in [0.717, 1.165) is 11.3 Å². The van der Waals surface area contributed by atoms with Gasteiger partial charge in [-0.3, -0.25) is 4.79 Å². The summed E-state index contributed by atoms with van der Waals surface area (Å²) < 4.78 is 15.2. The Balaban J connectivity index is 1.68. The van der Waals surface area contributed by atoms with E-state index in [1.165, 1.54) is 12.0 Å². The Bertz CT molecular complexity index is 1000. The predicted molar refractivity (Wildman–Crippen MR) is 112 cm³/mol. The Morgan fingerprint density at radius 3 is 2.32 bits per heavy atom. The summed E-state index contributed by atoms with van der Waals surface area (Å²) in [5.41, 5.74) is -0.677. The first kappa shape index (κ1) is 22.6. The molecule has 0 unspecified atom stereocenters. The largest absolute Gasteiger partial charge is 0.497 e. The van der Waals surface area contributed by atoms with Gasteiger partial charge >= 0.3 is 11.6 Å². The van der Waals surface area contributed by atoms with Crippen molar-refractivity contribution in [3.63, 3.8) is 0 Å². The molecule has 0 atom stereocenters. The van der Waals surface area contributed by atoms with Crippen LogP contribution in [0.1, 0.15) is 40.1 Å². The molecular weight excluding hydrogens is 402 g/mol. The number of likely N-dealkylation sites (tertiary alicyclic amines) is 1. The quantitative estimate of drug-likeness (QED) is 0.699. The van der Waals surface area contributed by atoms with Crippen LogP contribution in [0.5, 0.6) is 5.75 Å². The van der Waals surface area contributed by atoms with Crippen LogP contribution in [-0.2, 0) is 22.4 Å². The Morgan fingerprint density at radius 2 is 1.77 bits per heavy atom. The number of hydrogen-bond acceptors (Lipinski definition) is 7. The smallest absolute Gasteiger partial charge is 0.349 e. The minimum atomic E-state index is -1.60. The van der Waals surface area contributed by atoms with E-state index < -0.39 is 23.1 Å². The lowest BCUT2D eigenvalue weighted by Gasteiger charge is -2.36. The average molecular weight is 429 g/mol. The van der Waals surface area contributed by atoms with Crippen molar-refractivity contribution in [1.29, 1.82) is 0 Å². The van der Waals surface area contributed by atoms with Gasteiger partial charge < -0.3 is 23.9 Å². The average Bonchev–Trinajstić information content (AvgIpc) is 2.77. The maximum Gasteiger partial charge on any atom is 0.349 e. The summed E-state index contributed by atoms with van der Waals surface area (Å²) in [4.78, 5) is 38.6. The number of ether oxygens (including phenoxy) is 2. The van der Waals surface area contributed by atoms with Crippen LogP contribution in [0.2, 0.25) is 0 Å². The van der Waals surface area contributed by atoms with E-state index in [1.807, 2.05) is 24.3 Å². The van der Waals surface area contributed by atoms with Gasteiger partial charge in [0.1, 0.15) is 17.1 Å². The van der Waals surface area contributed by atoms with Crippen LogP contribution >= 0.6 is 0 Å². The second kappa shape index (κ2) is 9.34. The molecule has 2 aromatic rings. The molecule has 1 aromatic carbocycles. The zero-order chi connectivity index (χ0) is 22.6. The normalized spacial score (nSPS) is 15.4. The van der Waals surface area contributed by atoms with Crippen LogP contribution in [0.4, 0.5) is 0 Å². The van der Waals surface area contributed by atoms with Crippen LogP contribution in [0.3, 0.4) is 0 Å². The minimum Gasteiger partial charge on any atom is -0.497 e. The number of amides is 1. The van der Waals surface area contributed by atoms with Gasteiger partial charge in [0.05, 0.1) is 14.2 Å². The van der Waals surface area contributed by atoms with E-state index in [4.69, 9.17) is 9.15 Å². The molecule has 3 rings (SSSR count). The van der Waals surface area contributed by atoms with Gasteiger partial charge in [0.15, 0.2) is 5.60 Å². The SMILES string of the molecule is COC(=O)C1(O)CCN(C(=O)c2c(C)cc(CCc3ccc(OC)cc3)oc2=O)CC1. The molecule has 0 radical (unpaired) electrons. The first-order valence-electron chi connectivity index (χ1n) is 10.1. The number of piperidine rings is 1. The van der Waals surface area contributed by atoms with Crippen molar-refractivity contribution in [2.24, 2.45) is 0 Å². The van der Waals surface area contributed by atoms with Gasteiger partial charge in [0, 0.05) is 32.4 Å². The topological polar surface area (TPSA) is 106 Å². The van der Waals surface area contributed by atoms with Gasteiger partial charge in [-0.15, -0.1) is 0 Å². The molecule has 8 heteroatoms. The van der Waals surface area contributed by atoms with Crippen LogP contribution in [0.25, 0.3) is 0 Å². The van der Waals surface area contributed by atoms with Gasteiger partial charge in [-0.2, -0.15) is 0 Å². The third kappa shape index (κ3) is 4.96. The molecule has 0 bridgehead atoms. The molecule has 1 aliphatic heterocycles. The molecule has 8 nitrogen and oxygen atoms in total. The second-order valence-electron chi connectivity index (χ2n) is 7.72. The first-order valence-corrected chi connectivity index (χ1v) is 10.1. The number of nitrogens with zero attached hydrogens (tertiary/aromatic N) is 1. The van der Waals surface area contributed by atoms with E-state index in [2.05, 4.69) is 4.74 Å². The Labute approximate surface area is 180 Å². The van der Waals surface area contributed by atoms with E-state index in [-0.39, 0.29) is 31.5 Å². The maximum atomic E-state index is 12.9. The van der Waals surface area contributed by atoms with Crippen molar-refractivity contribution < 1.29 is 28.6 Å². The van der Waals surface area contributed by atoms with Crippen molar-refractivity contribution in [3.05, 3.63) is 63.2 Å². The molecule has 1 fully saturated rings. The fourth-order valence-electron chi connectivity index (χ4n) is 3.75. The molecule has 1 amide bonds.